The molecule has 0 unspecified atom stereocenters. The average molecular weight is 375 g/mol. The Morgan fingerprint density at radius 2 is 1.65 bits per heavy atom. The lowest BCUT2D eigenvalue weighted by Crippen LogP contribution is -2.23. The number of nitrogens with one attached hydrogen (secondary N) is 2. The molecule has 0 aliphatic carbocycles. The smallest absolute Gasteiger partial charge is 0.255 e. The van der Waals surface area contributed by atoms with Crippen LogP contribution in [0.4, 0.5) is 11.4 Å². The van der Waals surface area contributed by atoms with Gasteiger partial charge in [0.2, 0.25) is 10.0 Å². The zero-order valence-corrected chi connectivity index (χ0v) is 16.1. The molecule has 2 aromatic carbocycles. The van der Waals surface area contributed by atoms with Gasteiger partial charge in [-0.25, -0.2) is 13.1 Å². The Kier molecular flexibility index (Phi) is 6.76. The molecular formula is C19H25N3O3S. The van der Waals surface area contributed by atoms with Crippen molar-refractivity contribution in [2.45, 2.75) is 25.7 Å². The van der Waals surface area contributed by atoms with E-state index in [-0.39, 0.29) is 22.9 Å². The lowest BCUT2D eigenvalue weighted by Gasteiger charge is -2.21. The van der Waals surface area contributed by atoms with Crippen LogP contribution in [0.3, 0.4) is 0 Å². The van der Waals surface area contributed by atoms with E-state index >= 15 is 0 Å². The summed E-state index contributed by atoms with van der Waals surface area (Å²) in [5.74, 6) is -0.353. The molecule has 1 amide bonds. The highest BCUT2D eigenvalue weighted by Crippen LogP contribution is 2.19. The molecule has 2 aromatic rings. The molecule has 0 fully saturated rings. The van der Waals surface area contributed by atoms with Crippen LogP contribution in [0.15, 0.2) is 53.4 Å². The SMILES string of the molecule is CCNS(=O)(=O)c1cccc(C(=O)Nc2ccc(N(CC)CC)cc2)c1. The van der Waals surface area contributed by atoms with Crippen molar-refractivity contribution in [2.75, 3.05) is 29.9 Å². The molecule has 140 valence electrons. The van der Waals surface area contributed by atoms with Gasteiger partial charge >= 0.3 is 0 Å². The van der Waals surface area contributed by atoms with Crippen LogP contribution in [0.25, 0.3) is 0 Å². The minimum absolute atomic E-state index is 0.0730. The Bertz CT molecular complexity index is 845. The van der Waals surface area contributed by atoms with Crippen LogP contribution in [0.2, 0.25) is 0 Å². The zero-order chi connectivity index (χ0) is 19.2. The van der Waals surface area contributed by atoms with Gasteiger partial charge in [-0.15, -0.1) is 0 Å². The van der Waals surface area contributed by atoms with Crippen LogP contribution in [-0.2, 0) is 10.0 Å². The molecule has 0 radical (unpaired) electrons. The quantitative estimate of drug-likeness (QED) is 0.743. The van der Waals surface area contributed by atoms with Gasteiger partial charge in [-0.05, 0) is 56.3 Å². The van der Waals surface area contributed by atoms with Gasteiger partial charge in [0.05, 0.1) is 4.90 Å². The molecule has 0 bridgehead atoms. The predicted molar refractivity (Wildman–Crippen MR) is 105 cm³/mol. The summed E-state index contributed by atoms with van der Waals surface area (Å²) in [6.45, 7) is 8.00. The van der Waals surface area contributed by atoms with E-state index in [1.807, 2.05) is 24.3 Å². The molecule has 2 N–H and O–H groups in total. The highest BCUT2D eigenvalue weighted by molar-refractivity contribution is 7.89. The number of sulfonamides is 1. The monoisotopic (exact) mass is 375 g/mol. The molecular weight excluding hydrogens is 350 g/mol. The van der Waals surface area contributed by atoms with E-state index in [4.69, 9.17) is 0 Å². The van der Waals surface area contributed by atoms with Gasteiger partial charge in [0.25, 0.3) is 5.91 Å². The maximum atomic E-state index is 12.4. The van der Waals surface area contributed by atoms with E-state index in [0.717, 1.165) is 18.8 Å². The van der Waals surface area contributed by atoms with Crippen molar-refractivity contribution in [2.24, 2.45) is 0 Å². The van der Waals surface area contributed by atoms with Crippen molar-refractivity contribution in [1.82, 2.24) is 4.72 Å². The van der Waals surface area contributed by atoms with Crippen LogP contribution >= 0.6 is 0 Å². The second-order valence-electron chi connectivity index (χ2n) is 5.70. The summed E-state index contributed by atoms with van der Waals surface area (Å²) < 4.78 is 26.6. The van der Waals surface area contributed by atoms with Gasteiger partial charge in [0.15, 0.2) is 0 Å². The number of benzene rings is 2. The van der Waals surface area contributed by atoms with E-state index in [1.54, 1.807) is 19.1 Å². The Morgan fingerprint density at radius 3 is 2.23 bits per heavy atom. The van der Waals surface area contributed by atoms with E-state index in [2.05, 4.69) is 28.8 Å². The van der Waals surface area contributed by atoms with E-state index in [1.165, 1.54) is 12.1 Å². The fourth-order valence-electron chi connectivity index (χ4n) is 2.63. The lowest BCUT2D eigenvalue weighted by molar-refractivity contribution is 0.102. The third kappa shape index (κ3) is 4.83. The summed E-state index contributed by atoms with van der Waals surface area (Å²) in [6, 6.07) is 13.6. The molecule has 2 rings (SSSR count). The summed E-state index contributed by atoms with van der Waals surface area (Å²) in [5.41, 5.74) is 2.04. The van der Waals surface area contributed by atoms with Crippen molar-refractivity contribution in [3.05, 3.63) is 54.1 Å². The molecule has 0 aliphatic rings. The Hall–Kier alpha value is -2.38. The first-order valence-electron chi connectivity index (χ1n) is 8.67. The number of carbonyl (C=O) groups excluding carboxylic acids is 1. The second kappa shape index (κ2) is 8.82. The standard InChI is InChI=1S/C19H25N3O3S/c1-4-20-26(24,25)18-9-7-8-15(14-18)19(23)21-16-10-12-17(13-11-16)22(5-2)6-3/h7-14,20H,4-6H2,1-3H3,(H,21,23). The van der Waals surface area contributed by atoms with Gasteiger partial charge in [-0.3, -0.25) is 4.79 Å². The number of anilines is 2. The number of nitrogens with zero attached hydrogens (tertiary/aromatic N) is 1. The average Bonchev–Trinajstić information content (AvgIpc) is 2.64. The first-order chi connectivity index (χ1) is 12.4. The van der Waals surface area contributed by atoms with Gasteiger partial charge in [0, 0.05) is 36.6 Å². The molecule has 7 heteroatoms. The van der Waals surface area contributed by atoms with Crippen molar-refractivity contribution >= 4 is 27.3 Å². The maximum absolute atomic E-state index is 12.4. The normalized spacial score (nSPS) is 11.2. The number of hydrogen-bond donors (Lipinski definition) is 2. The first kappa shape index (κ1) is 19.9. The largest absolute Gasteiger partial charge is 0.372 e. The van der Waals surface area contributed by atoms with Crippen LogP contribution in [-0.4, -0.2) is 34.0 Å². The number of hydrogen-bond acceptors (Lipinski definition) is 4. The predicted octanol–water partition coefficient (Wildman–Crippen LogP) is 3.08. The van der Waals surface area contributed by atoms with Crippen molar-refractivity contribution < 1.29 is 13.2 Å². The summed E-state index contributed by atoms with van der Waals surface area (Å²) in [4.78, 5) is 14.7. The topological polar surface area (TPSA) is 78.5 Å². The summed E-state index contributed by atoms with van der Waals surface area (Å²) in [7, 11) is -3.60. The number of amides is 1. The van der Waals surface area contributed by atoms with Crippen LogP contribution in [0, 0.1) is 0 Å². The lowest BCUT2D eigenvalue weighted by atomic mass is 10.2. The van der Waals surface area contributed by atoms with Crippen LogP contribution in [0.1, 0.15) is 31.1 Å². The third-order valence-corrected chi connectivity index (χ3v) is 5.54. The minimum Gasteiger partial charge on any atom is -0.372 e. The zero-order valence-electron chi connectivity index (χ0n) is 15.3. The summed E-state index contributed by atoms with van der Waals surface area (Å²) in [6.07, 6.45) is 0. The second-order valence-corrected chi connectivity index (χ2v) is 7.47. The third-order valence-electron chi connectivity index (χ3n) is 3.99. The van der Waals surface area contributed by atoms with Gasteiger partial charge in [0.1, 0.15) is 0 Å². The molecule has 6 nitrogen and oxygen atoms in total. The maximum Gasteiger partial charge on any atom is 0.255 e. The Morgan fingerprint density at radius 1 is 1.00 bits per heavy atom. The van der Waals surface area contributed by atoms with Crippen molar-refractivity contribution in [3.8, 4) is 0 Å². The van der Waals surface area contributed by atoms with Crippen LogP contribution in [0.5, 0.6) is 0 Å². The highest BCUT2D eigenvalue weighted by Gasteiger charge is 2.15. The molecule has 0 saturated carbocycles. The molecule has 0 heterocycles. The van der Waals surface area contributed by atoms with Gasteiger partial charge < -0.3 is 10.2 Å². The van der Waals surface area contributed by atoms with E-state index in [9.17, 15) is 13.2 Å². The molecule has 0 aromatic heterocycles. The van der Waals surface area contributed by atoms with Gasteiger partial charge in [-0.1, -0.05) is 13.0 Å². The highest BCUT2D eigenvalue weighted by atomic mass is 32.2. The number of rotatable bonds is 8. The fourth-order valence-corrected chi connectivity index (χ4v) is 3.71. The summed E-state index contributed by atoms with van der Waals surface area (Å²) in [5, 5.41) is 2.80. The van der Waals surface area contributed by atoms with Gasteiger partial charge in [-0.2, -0.15) is 0 Å². The van der Waals surface area contributed by atoms with Crippen molar-refractivity contribution in [3.63, 3.8) is 0 Å². The fraction of sp³-hybridized carbons (Fsp3) is 0.316. The Labute approximate surface area is 155 Å². The Balaban J connectivity index is 2.15. The van der Waals surface area contributed by atoms with E-state index < -0.39 is 10.0 Å². The number of carbonyl (C=O) groups is 1. The van der Waals surface area contributed by atoms with E-state index in [0.29, 0.717) is 5.69 Å². The summed E-state index contributed by atoms with van der Waals surface area (Å²) >= 11 is 0. The molecule has 0 saturated heterocycles. The molecule has 0 spiro atoms. The first-order valence-corrected chi connectivity index (χ1v) is 10.2. The molecule has 26 heavy (non-hydrogen) atoms. The van der Waals surface area contributed by atoms with Crippen LogP contribution < -0.4 is 14.9 Å². The molecule has 0 aliphatic heterocycles. The minimum atomic E-state index is -3.60. The molecule has 0 atom stereocenters. The van der Waals surface area contributed by atoms with Crippen molar-refractivity contribution in [1.29, 1.82) is 0 Å².